The van der Waals surface area contributed by atoms with Crippen molar-refractivity contribution in [3.05, 3.63) is 47.3 Å². The van der Waals surface area contributed by atoms with Gasteiger partial charge in [-0.05, 0) is 26.0 Å². The molecule has 6 nitrogen and oxygen atoms in total. The topological polar surface area (TPSA) is 83.6 Å². The zero-order valence-electron chi connectivity index (χ0n) is 11.9. The van der Waals surface area contributed by atoms with Crippen LogP contribution in [0.3, 0.4) is 0 Å². The number of aliphatic carboxylic acids is 1. The molecule has 0 aliphatic rings. The number of aryl methyl sites for hydroxylation is 2. The normalized spacial score (nSPS) is 10.4. The molecule has 0 spiro atoms. The molecular formula is C15H16N2O4. The minimum Gasteiger partial charge on any atom is -0.481 e. The van der Waals surface area contributed by atoms with E-state index < -0.39 is 11.9 Å². The van der Waals surface area contributed by atoms with Gasteiger partial charge in [-0.25, -0.2) is 0 Å². The van der Waals surface area contributed by atoms with Crippen molar-refractivity contribution in [2.75, 3.05) is 11.4 Å². The standard InChI is InChI=1S/C15H16N2O4/c1-10-3-5-12(6-4-10)17(8-7-13(18)19)15(20)14-11(2)9-16-21-14/h3-6,9H,7-8H2,1-2H3,(H,18,19). The highest BCUT2D eigenvalue weighted by molar-refractivity contribution is 6.05. The van der Waals surface area contributed by atoms with Crippen LogP contribution in [-0.4, -0.2) is 28.7 Å². The third-order valence-corrected chi connectivity index (χ3v) is 3.08. The van der Waals surface area contributed by atoms with Gasteiger partial charge in [-0.1, -0.05) is 22.9 Å². The first-order valence-electron chi connectivity index (χ1n) is 6.50. The Morgan fingerprint density at radius 2 is 1.90 bits per heavy atom. The van der Waals surface area contributed by atoms with Crippen LogP contribution < -0.4 is 4.90 Å². The zero-order valence-corrected chi connectivity index (χ0v) is 11.9. The van der Waals surface area contributed by atoms with Gasteiger partial charge >= 0.3 is 5.97 Å². The van der Waals surface area contributed by atoms with E-state index in [-0.39, 0.29) is 18.7 Å². The maximum absolute atomic E-state index is 12.5. The van der Waals surface area contributed by atoms with Gasteiger partial charge in [0.15, 0.2) is 0 Å². The zero-order chi connectivity index (χ0) is 15.4. The summed E-state index contributed by atoms with van der Waals surface area (Å²) in [7, 11) is 0. The fraction of sp³-hybridized carbons (Fsp3) is 0.267. The molecule has 0 saturated carbocycles. The van der Waals surface area contributed by atoms with Crippen molar-refractivity contribution in [1.29, 1.82) is 0 Å². The van der Waals surface area contributed by atoms with Crippen LogP contribution >= 0.6 is 0 Å². The summed E-state index contributed by atoms with van der Waals surface area (Å²) in [6, 6.07) is 7.29. The molecule has 0 aliphatic carbocycles. The maximum Gasteiger partial charge on any atom is 0.305 e. The Bertz CT molecular complexity index is 646. The van der Waals surface area contributed by atoms with Gasteiger partial charge < -0.3 is 14.5 Å². The van der Waals surface area contributed by atoms with Crippen LogP contribution in [-0.2, 0) is 4.79 Å². The minimum atomic E-state index is -0.964. The summed E-state index contributed by atoms with van der Waals surface area (Å²) in [4.78, 5) is 24.7. The monoisotopic (exact) mass is 288 g/mol. The number of aromatic nitrogens is 1. The molecule has 0 unspecified atom stereocenters. The molecule has 1 amide bonds. The van der Waals surface area contributed by atoms with E-state index in [1.54, 1.807) is 19.1 Å². The second-order valence-corrected chi connectivity index (χ2v) is 4.77. The van der Waals surface area contributed by atoms with Crippen LogP contribution in [0.15, 0.2) is 35.0 Å². The van der Waals surface area contributed by atoms with Crippen molar-refractivity contribution < 1.29 is 19.2 Å². The lowest BCUT2D eigenvalue weighted by molar-refractivity contribution is -0.136. The quantitative estimate of drug-likeness (QED) is 0.913. The SMILES string of the molecule is Cc1ccc(N(CCC(=O)O)C(=O)c2oncc2C)cc1. The predicted octanol–water partition coefficient (Wildman–Crippen LogP) is 2.41. The minimum absolute atomic E-state index is 0.0668. The Kier molecular flexibility index (Phi) is 4.37. The molecule has 1 aromatic carbocycles. The molecule has 1 N–H and O–H groups in total. The summed E-state index contributed by atoms with van der Waals surface area (Å²) in [5.41, 5.74) is 2.30. The highest BCUT2D eigenvalue weighted by Gasteiger charge is 2.23. The van der Waals surface area contributed by atoms with Gasteiger partial charge in [0.1, 0.15) is 0 Å². The van der Waals surface area contributed by atoms with Crippen molar-refractivity contribution in [3.63, 3.8) is 0 Å². The van der Waals surface area contributed by atoms with Crippen LogP contribution in [0.5, 0.6) is 0 Å². The second kappa shape index (κ2) is 6.21. The molecule has 0 saturated heterocycles. The van der Waals surface area contributed by atoms with Gasteiger partial charge in [0, 0.05) is 17.8 Å². The van der Waals surface area contributed by atoms with Gasteiger partial charge in [-0.3, -0.25) is 9.59 Å². The lowest BCUT2D eigenvalue weighted by atomic mass is 10.2. The lowest BCUT2D eigenvalue weighted by Gasteiger charge is -2.21. The van der Waals surface area contributed by atoms with Crippen molar-refractivity contribution >= 4 is 17.6 Å². The molecular weight excluding hydrogens is 272 g/mol. The lowest BCUT2D eigenvalue weighted by Crippen LogP contribution is -2.33. The van der Waals surface area contributed by atoms with E-state index in [0.29, 0.717) is 11.3 Å². The van der Waals surface area contributed by atoms with Crippen LogP contribution in [0, 0.1) is 13.8 Å². The first-order valence-corrected chi connectivity index (χ1v) is 6.50. The maximum atomic E-state index is 12.5. The molecule has 1 aromatic heterocycles. The van der Waals surface area contributed by atoms with E-state index >= 15 is 0 Å². The van der Waals surface area contributed by atoms with E-state index in [9.17, 15) is 9.59 Å². The van der Waals surface area contributed by atoms with Gasteiger partial charge in [0.2, 0.25) is 5.76 Å². The average molecular weight is 288 g/mol. The number of hydrogen-bond donors (Lipinski definition) is 1. The Morgan fingerprint density at radius 3 is 2.43 bits per heavy atom. The molecule has 0 bridgehead atoms. The molecule has 0 aliphatic heterocycles. The molecule has 21 heavy (non-hydrogen) atoms. The highest BCUT2D eigenvalue weighted by Crippen LogP contribution is 2.20. The molecule has 0 fully saturated rings. The Balaban J connectivity index is 2.31. The summed E-state index contributed by atoms with van der Waals surface area (Å²) in [6.07, 6.45) is 1.31. The predicted molar refractivity (Wildman–Crippen MR) is 76.3 cm³/mol. The highest BCUT2D eigenvalue weighted by atomic mass is 16.5. The fourth-order valence-electron chi connectivity index (χ4n) is 1.90. The second-order valence-electron chi connectivity index (χ2n) is 4.77. The van der Waals surface area contributed by atoms with Gasteiger partial charge in [0.05, 0.1) is 12.6 Å². The number of hydrogen-bond acceptors (Lipinski definition) is 4. The third-order valence-electron chi connectivity index (χ3n) is 3.08. The largest absolute Gasteiger partial charge is 0.481 e. The summed E-state index contributed by atoms with van der Waals surface area (Å²) in [6.45, 7) is 3.72. The number of nitrogens with zero attached hydrogens (tertiary/aromatic N) is 2. The van der Waals surface area contributed by atoms with E-state index in [2.05, 4.69) is 5.16 Å². The van der Waals surface area contributed by atoms with Crippen molar-refractivity contribution in [2.45, 2.75) is 20.3 Å². The molecule has 6 heteroatoms. The van der Waals surface area contributed by atoms with Crippen LogP contribution in [0.2, 0.25) is 0 Å². The van der Waals surface area contributed by atoms with E-state index in [1.807, 2.05) is 19.1 Å². The van der Waals surface area contributed by atoms with Crippen molar-refractivity contribution in [1.82, 2.24) is 5.16 Å². The van der Waals surface area contributed by atoms with Crippen molar-refractivity contribution in [2.24, 2.45) is 0 Å². The molecule has 0 atom stereocenters. The Morgan fingerprint density at radius 1 is 1.24 bits per heavy atom. The first-order chi connectivity index (χ1) is 9.99. The molecule has 2 aromatic rings. The smallest absolute Gasteiger partial charge is 0.305 e. The Hall–Kier alpha value is -2.63. The molecule has 110 valence electrons. The molecule has 2 rings (SSSR count). The first kappa shape index (κ1) is 14.8. The number of carboxylic acid groups (broad SMARTS) is 1. The molecule has 1 heterocycles. The number of carbonyl (C=O) groups excluding carboxylic acids is 1. The van der Waals surface area contributed by atoms with Crippen molar-refractivity contribution in [3.8, 4) is 0 Å². The van der Waals surface area contributed by atoms with Crippen LogP contribution in [0.4, 0.5) is 5.69 Å². The number of anilines is 1. The number of amides is 1. The average Bonchev–Trinajstić information content (AvgIpc) is 2.86. The number of benzene rings is 1. The van der Waals surface area contributed by atoms with Gasteiger partial charge in [-0.15, -0.1) is 0 Å². The fourth-order valence-corrected chi connectivity index (χ4v) is 1.90. The van der Waals surface area contributed by atoms with E-state index in [0.717, 1.165) is 5.56 Å². The van der Waals surface area contributed by atoms with Gasteiger partial charge in [0.25, 0.3) is 5.91 Å². The third kappa shape index (κ3) is 3.47. The summed E-state index contributed by atoms with van der Waals surface area (Å²) in [5, 5.41) is 12.4. The number of carbonyl (C=O) groups is 2. The number of rotatable bonds is 5. The number of carboxylic acids is 1. The summed E-state index contributed by atoms with van der Waals surface area (Å²) in [5.74, 6) is -1.23. The molecule has 0 radical (unpaired) electrons. The Labute approximate surface area is 122 Å². The van der Waals surface area contributed by atoms with Crippen LogP contribution in [0.1, 0.15) is 28.1 Å². The van der Waals surface area contributed by atoms with E-state index in [1.165, 1.54) is 11.1 Å². The summed E-state index contributed by atoms with van der Waals surface area (Å²) < 4.78 is 4.97. The summed E-state index contributed by atoms with van der Waals surface area (Å²) >= 11 is 0. The van der Waals surface area contributed by atoms with E-state index in [4.69, 9.17) is 9.63 Å². The van der Waals surface area contributed by atoms with Gasteiger partial charge in [-0.2, -0.15) is 0 Å². The van der Waals surface area contributed by atoms with Crippen LogP contribution in [0.25, 0.3) is 0 Å².